The van der Waals surface area contributed by atoms with Crippen LogP contribution in [-0.4, -0.2) is 5.71 Å². The number of hydrazone groups is 1. The van der Waals surface area contributed by atoms with Crippen LogP contribution in [0.15, 0.2) is 82.4 Å². The second-order valence-corrected chi connectivity index (χ2v) is 7.94. The van der Waals surface area contributed by atoms with Crippen LogP contribution in [0.3, 0.4) is 0 Å². The largest absolute Gasteiger partial charge is 0.257 e. The van der Waals surface area contributed by atoms with Crippen molar-refractivity contribution < 1.29 is 0 Å². The van der Waals surface area contributed by atoms with Gasteiger partial charge in [0.1, 0.15) is 0 Å². The molecule has 1 aliphatic rings. The molecule has 130 valence electrons. The average Bonchev–Trinajstić information content (AvgIpc) is 3.08. The number of hydrogen-bond donors (Lipinski definition) is 0. The maximum Gasteiger partial charge on any atom is 0.0831 e. The van der Waals surface area contributed by atoms with Crippen LogP contribution in [0.2, 0.25) is 10.0 Å². The number of halogens is 3. The molecule has 0 aliphatic carbocycles. The summed E-state index contributed by atoms with van der Waals surface area (Å²) >= 11 is 15.8. The number of anilines is 1. The van der Waals surface area contributed by atoms with Gasteiger partial charge in [0.2, 0.25) is 0 Å². The molecule has 26 heavy (non-hydrogen) atoms. The Bertz CT molecular complexity index is 953. The van der Waals surface area contributed by atoms with E-state index < -0.39 is 0 Å². The third kappa shape index (κ3) is 3.66. The molecule has 1 heterocycles. The monoisotopic (exact) mass is 444 g/mol. The Kier molecular flexibility index (Phi) is 5.03. The van der Waals surface area contributed by atoms with Crippen molar-refractivity contribution in [2.45, 2.75) is 12.5 Å². The van der Waals surface area contributed by atoms with Gasteiger partial charge in [-0.15, -0.1) is 0 Å². The van der Waals surface area contributed by atoms with Crippen LogP contribution in [0.5, 0.6) is 0 Å². The lowest BCUT2D eigenvalue weighted by Gasteiger charge is -2.24. The molecule has 1 unspecified atom stereocenters. The molecule has 0 amide bonds. The predicted octanol–water partition coefficient (Wildman–Crippen LogP) is 7.11. The maximum absolute atomic E-state index is 6.21. The summed E-state index contributed by atoms with van der Waals surface area (Å²) in [6, 6.07) is 24.1. The second kappa shape index (κ2) is 7.43. The van der Waals surface area contributed by atoms with E-state index in [-0.39, 0.29) is 6.04 Å². The zero-order valence-corrected chi connectivity index (χ0v) is 16.8. The Balaban J connectivity index is 1.75. The third-order valence-electron chi connectivity index (χ3n) is 4.42. The third-order valence-corrected chi connectivity index (χ3v) is 5.43. The van der Waals surface area contributed by atoms with E-state index in [2.05, 4.69) is 40.2 Å². The predicted molar refractivity (Wildman–Crippen MR) is 113 cm³/mol. The maximum atomic E-state index is 6.21. The Hall–Kier alpha value is -1.81. The Morgan fingerprint density at radius 1 is 0.885 bits per heavy atom. The molecule has 0 radical (unpaired) electrons. The summed E-state index contributed by atoms with van der Waals surface area (Å²) in [5.74, 6) is 0. The molecule has 5 heteroatoms. The van der Waals surface area contributed by atoms with Crippen LogP contribution < -0.4 is 5.01 Å². The topological polar surface area (TPSA) is 15.6 Å². The first-order valence-corrected chi connectivity index (χ1v) is 9.79. The molecule has 1 atom stereocenters. The van der Waals surface area contributed by atoms with E-state index in [4.69, 9.17) is 28.3 Å². The lowest BCUT2D eigenvalue weighted by atomic mass is 9.98. The molecule has 3 aromatic carbocycles. The molecule has 0 bridgehead atoms. The van der Waals surface area contributed by atoms with E-state index >= 15 is 0 Å². The van der Waals surface area contributed by atoms with Gasteiger partial charge in [-0.05, 0) is 53.6 Å². The van der Waals surface area contributed by atoms with Crippen LogP contribution in [-0.2, 0) is 0 Å². The molecular weight excluding hydrogens is 431 g/mol. The molecule has 2 nitrogen and oxygen atoms in total. The minimum absolute atomic E-state index is 0.101. The van der Waals surface area contributed by atoms with Gasteiger partial charge in [0.25, 0.3) is 0 Å². The van der Waals surface area contributed by atoms with E-state index in [1.807, 2.05) is 53.5 Å². The zero-order chi connectivity index (χ0) is 18.1. The van der Waals surface area contributed by atoms with Gasteiger partial charge >= 0.3 is 0 Å². The number of benzene rings is 3. The summed E-state index contributed by atoms with van der Waals surface area (Å²) in [5, 5.41) is 8.40. The fourth-order valence-electron chi connectivity index (χ4n) is 3.13. The minimum Gasteiger partial charge on any atom is -0.257 e. The Morgan fingerprint density at radius 3 is 2.31 bits per heavy atom. The first kappa shape index (κ1) is 17.6. The van der Waals surface area contributed by atoms with Gasteiger partial charge in [-0.1, -0.05) is 69.5 Å². The summed E-state index contributed by atoms with van der Waals surface area (Å²) in [7, 11) is 0. The van der Waals surface area contributed by atoms with Gasteiger partial charge in [0, 0.05) is 20.9 Å². The van der Waals surface area contributed by atoms with Gasteiger partial charge in [-0.3, -0.25) is 5.01 Å². The SMILES string of the molecule is Clc1ccc(C2CC(c3ccc(Br)cc3)=NN2c2cccc(Cl)c2)cc1. The molecule has 0 aromatic heterocycles. The average molecular weight is 446 g/mol. The highest BCUT2D eigenvalue weighted by Crippen LogP contribution is 2.37. The summed E-state index contributed by atoms with van der Waals surface area (Å²) in [4.78, 5) is 0. The molecule has 0 N–H and O–H groups in total. The van der Waals surface area contributed by atoms with Crippen LogP contribution >= 0.6 is 39.1 Å². The van der Waals surface area contributed by atoms with Crippen LogP contribution in [0.4, 0.5) is 5.69 Å². The molecule has 1 aliphatic heterocycles. The molecule has 4 rings (SSSR count). The molecule has 0 spiro atoms. The summed E-state index contributed by atoms with van der Waals surface area (Å²) in [6.45, 7) is 0. The van der Waals surface area contributed by atoms with Crippen molar-refractivity contribution in [1.29, 1.82) is 0 Å². The normalized spacial score (nSPS) is 16.7. The van der Waals surface area contributed by atoms with Gasteiger partial charge in [0.05, 0.1) is 17.4 Å². The van der Waals surface area contributed by atoms with Crippen molar-refractivity contribution >= 4 is 50.5 Å². The Labute approximate surface area is 171 Å². The van der Waals surface area contributed by atoms with E-state index in [9.17, 15) is 0 Å². The fourth-order valence-corrected chi connectivity index (χ4v) is 3.70. The minimum atomic E-state index is 0.101. The van der Waals surface area contributed by atoms with Gasteiger partial charge in [-0.25, -0.2) is 0 Å². The van der Waals surface area contributed by atoms with Crippen molar-refractivity contribution in [3.63, 3.8) is 0 Å². The van der Waals surface area contributed by atoms with Crippen molar-refractivity contribution in [1.82, 2.24) is 0 Å². The molecule has 3 aromatic rings. The van der Waals surface area contributed by atoms with E-state index in [0.29, 0.717) is 5.02 Å². The standard InChI is InChI=1S/C21H15BrCl2N2/c22-16-8-4-14(5-9-16)20-13-21(15-6-10-17(23)11-7-15)26(25-20)19-3-1-2-18(24)12-19/h1-12,21H,13H2. The summed E-state index contributed by atoms with van der Waals surface area (Å²) < 4.78 is 1.06. The van der Waals surface area contributed by atoms with Gasteiger partial charge in [-0.2, -0.15) is 5.10 Å². The molecule has 0 fully saturated rings. The highest BCUT2D eigenvalue weighted by molar-refractivity contribution is 9.10. The first-order chi connectivity index (χ1) is 12.6. The van der Waals surface area contributed by atoms with Crippen LogP contribution in [0, 0.1) is 0 Å². The smallest absolute Gasteiger partial charge is 0.0831 e. The van der Waals surface area contributed by atoms with Crippen molar-refractivity contribution in [2.75, 3.05) is 5.01 Å². The zero-order valence-electron chi connectivity index (χ0n) is 13.7. The quantitative estimate of drug-likeness (QED) is 0.419. The van der Waals surface area contributed by atoms with Gasteiger partial charge in [0.15, 0.2) is 0 Å². The number of rotatable bonds is 3. The molecule has 0 saturated carbocycles. The van der Waals surface area contributed by atoms with Crippen molar-refractivity contribution in [3.8, 4) is 0 Å². The summed E-state index contributed by atoms with van der Waals surface area (Å²) in [6.07, 6.45) is 0.815. The Morgan fingerprint density at radius 2 is 1.62 bits per heavy atom. The van der Waals surface area contributed by atoms with Crippen LogP contribution in [0.25, 0.3) is 0 Å². The lowest BCUT2D eigenvalue weighted by Crippen LogP contribution is -2.18. The molecular formula is C21H15BrCl2N2. The van der Waals surface area contributed by atoms with Crippen LogP contribution in [0.1, 0.15) is 23.6 Å². The second-order valence-electron chi connectivity index (χ2n) is 6.15. The van der Waals surface area contributed by atoms with Crippen molar-refractivity contribution in [3.05, 3.63) is 98.4 Å². The number of hydrogen-bond acceptors (Lipinski definition) is 2. The van der Waals surface area contributed by atoms with E-state index in [1.54, 1.807) is 0 Å². The fraction of sp³-hybridized carbons (Fsp3) is 0.0952. The molecule has 0 saturated heterocycles. The van der Waals surface area contributed by atoms with E-state index in [1.165, 1.54) is 5.56 Å². The highest BCUT2D eigenvalue weighted by Gasteiger charge is 2.30. The van der Waals surface area contributed by atoms with Gasteiger partial charge < -0.3 is 0 Å². The van der Waals surface area contributed by atoms with Crippen molar-refractivity contribution in [2.24, 2.45) is 5.10 Å². The summed E-state index contributed by atoms with van der Waals surface area (Å²) in [5.41, 5.74) is 4.32. The lowest BCUT2D eigenvalue weighted by molar-refractivity contribution is 0.709. The first-order valence-electron chi connectivity index (χ1n) is 8.24. The van der Waals surface area contributed by atoms with E-state index in [0.717, 1.165) is 32.9 Å². The number of nitrogens with zero attached hydrogens (tertiary/aromatic N) is 2. The highest BCUT2D eigenvalue weighted by atomic mass is 79.9.